The maximum Gasteiger partial charge on any atom is 0.341 e. The lowest BCUT2D eigenvalue weighted by atomic mass is 10.1. The summed E-state index contributed by atoms with van der Waals surface area (Å²) in [4.78, 5) is 55.4. The molecular formula is C27H27N3O6S3. The van der Waals surface area contributed by atoms with Crippen LogP contribution in [0.2, 0.25) is 0 Å². The lowest BCUT2D eigenvalue weighted by Crippen LogP contribution is -2.19. The van der Waals surface area contributed by atoms with E-state index in [1.54, 1.807) is 22.8 Å². The smallest absolute Gasteiger partial charge is 0.341 e. The van der Waals surface area contributed by atoms with E-state index in [4.69, 9.17) is 15.9 Å². The number of thiazole rings is 1. The number of amides is 2. The summed E-state index contributed by atoms with van der Waals surface area (Å²) in [5.41, 5.74) is 2.56. The molecule has 2 amide bonds. The zero-order valence-electron chi connectivity index (χ0n) is 21.5. The molecule has 204 valence electrons. The van der Waals surface area contributed by atoms with Crippen molar-refractivity contribution in [3.05, 3.63) is 44.6 Å². The topological polar surface area (TPSA) is 116 Å². The molecule has 39 heavy (non-hydrogen) atoms. The first-order valence-electron chi connectivity index (χ1n) is 12.2. The Morgan fingerprint density at radius 2 is 1.85 bits per heavy atom. The van der Waals surface area contributed by atoms with Crippen molar-refractivity contribution < 1.29 is 28.7 Å². The van der Waals surface area contributed by atoms with E-state index in [0.29, 0.717) is 20.9 Å². The summed E-state index contributed by atoms with van der Waals surface area (Å²) in [6, 6.07) is 5.05. The number of methoxy groups -OCH3 is 2. The number of ether oxygens (including phenoxy) is 2. The van der Waals surface area contributed by atoms with E-state index in [0.717, 1.165) is 64.5 Å². The van der Waals surface area contributed by atoms with Crippen molar-refractivity contribution in [2.24, 2.45) is 4.99 Å². The molecule has 1 N–H and O–H groups in total. The van der Waals surface area contributed by atoms with Gasteiger partial charge in [-0.05, 0) is 49.4 Å². The Kier molecular flexibility index (Phi) is 9.61. The molecular weight excluding hydrogens is 559 g/mol. The van der Waals surface area contributed by atoms with Crippen LogP contribution < -0.4 is 10.1 Å². The zero-order chi connectivity index (χ0) is 27.9. The molecule has 1 aliphatic carbocycles. The van der Waals surface area contributed by atoms with Gasteiger partial charge in [0.15, 0.2) is 4.80 Å². The molecule has 1 aromatic carbocycles. The standard InChI is InChI=1S/C27H27N3O6S3/c1-4-12-30-18-11-10-16(25(33)35-2)13-20(18)39-27(30)29-22(32)15-37-14-21(31)28-24-23(26(34)36-3)17-8-6-5-7-9-19(17)38-24/h1,10-11,13H,5-9,12,14-15H2,2-3H3,(H,28,31). The number of aryl methyl sites for hydroxylation is 1. The number of rotatable bonds is 8. The number of nitrogens with one attached hydrogen (secondary N) is 1. The minimum absolute atomic E-state index is 0.0176. The van der Waals surface area contributed by atoms with Crippen molar-refractivity contribution in [2.75, 3.05) is 31.0 Å². The van der Waals surface area contributed by atoms with E-state index in [1.807, 2.05) is 0 Å². The highest BCUT2D eigenvalue weighted by Crippen LogP contribution is 2.38. The van der Waals surface area contributed by atoms with Gasteiger partial charge in [-0.25, -0.2) is 9.59 Å². The number of hydrogen-bond donors (Lipinski definition) is 1. The SMILES string of the molecule is C#CCn1c(=NC(=O)CSCC(=O)Nc2sc3c(c2C(=O)OC)CCCCC3)sc2cc(C(=O)OC)ccc21. The first-order valence-corrected chi connectivity index (χ1v) is 15.0. The monoisotopic (exact) mass is 585 g/mol. The van der Waals surface area contributed by atoms with Gasteiger partial charge < -0.3 is 19.4 Å². The molecule has 0 fully saturated rings. The summed E-state index contributed by atoms with van der Waals surface area (Å²) in [6.07, 6.45) is 10.3. The number of terminal acetylenes is 1. The van der Waals surface area contributed by atoms with E-state index >= 15 is 0 Å². The second-order valence-corrected chi connectivity index (χ2v) is 11.8. The Morgan fingerprint density at radius 1 is 1.08 bits per heavy atom. The Bertz CT molecular complexity index is 1540. The van der Waals surface area contributed by atoms with Crippen LogP contribution >= 0.6 is 34.4 Å². The molecule has 0 aliphatic heterocycles. The van der Waals surface area contributed by atoms with E-state index in [1.165, 1.54) is 36.9 Å². The van der Waals surface area contributed by atoms with Gasteiger partial charge in [0.2, 0.25) is 5.91 Å². The third-order valence-corrected chi connectivity index (χ3v) is 9.26. The van der Waals surface area contributed by atoms with Crippen molar-refractivity contribution in [1.29, 1.82) is 0 Å². The lowest BCUT2D eigenvalue weighted by molar-refractivity contribution is -0.115. The van der Waals surface area contributed by atoms with Gasteiger partial charge >= 0.3 is 11.9 Å². The molecule has 9 nitrogen and oxygen atoms in total. The Labute approximate surface area is 237 Å². The number of thiophene rings is 1. The molecule has 12 heteroatoms. The molecule has 1 aliphatic rings. The normalized spacial score (nSPS) is 13.3. The summed E-state index contributed by atoms with van der Waals surface area (Å²) >= 11 is 3.79. The van der Waals surface area contributed by atoms with Crippen molar-refractivity contribution in [2.45, 2.75) is 38.6 Å². The fourth-order valence-electron chi connectivity index (χ4n) is 4.33. The molecule has 0 spiro atoms. The molecule has 0 radical (unpaired) electrons. The van der Waals surface area contributed by atoms with Crippen molar-refractivity contribution >= 4 is 73.4 Å². The molecule has 3 aromatic rings. The fraction of sp³-hybridized carbons (Fsp3) is 0.370. The van der Waals surface area contributed by atoms with Crippen LogP contribution in [0.4, 0.5) is 5.00 Å². The fourth-order valence-corrected chi connectivity index (χ4v) is 7.31. The van der Waals surface area contributed by atoms with Gasteiger partial charge in [0.05, 0.1) is 53.6 Å². The first kappa shape index (κ1) is 28.6. The summed E-state index contributed by atoms with van der Waals surface area (Å²) in [5.74, 6) is 0.916. The number of aromatic nitrogens is 1. The Hall–Kier alpha value is -3.40. The Morgan fingerprint density at radius 3 is 2.59 bits per heavy atom. The Balaban J connectivity index is 1.43. The number of carbonyl (C=O) groups is 4. The minimum Gasteiger partial charge on any atom is -0.465 e. The van der Waals surface area contributed by atoms with Crippen molar-refractivity contribution in [1.82, 2.24) is 4.57 Å². The van der Waals surface area contributed by atoms with Gasteiger partial charge in [-0.3, -0.25) is 9.59 Å². The van der Waals surface area contributed by atoms with Crippen molar-refractivity contribution in [3.8, 4) is 12.3 Å². The number of anilines is 1. The summed E-state index contributed by atoms with van der Waals surface area (Å²) < 4.78 is 12.2. The third-order valence-electron chi connectivity index (χ3n) is 6.10. The number of hydrogen-bond acceptors (Lipinski definition) is 9. The van der Waals surface area contributed by atoms with Crippen LogP contribution in [-0.2, 0) is 38.4 Å². The van der Waals surface area contributed by atoms with E-state index in [-0.39, 0.29) is 24.0 Å². The number of benzene rings is 1. The second-order valence-electron chi connectivity index (χ2n) is 8.66. The summed E-state index contributed by atoms with van der Waals surface area (Å²) in [6.45, 7) is 0.201. The molecule has 0 unspecified atom stereocenters. The molecule has 4 rings (SSSR count). The van der Waals surface area contributed by atoms with E-state index in [9.17, 15) is 19.2 Å². The lowest BCUT2D eigenvalue weighted by Gasteiger charge is -2.07. The number of fused-ring (bicyclic) bond motifs is 2. The predicted molar refractivity (Wildman–Crippen MR) is 153 cm³/mol. The predicted octanol–water partition coefficient (Wildman–Crippen LogP) is 4.04. The quantitative estimate of drug-likeness (QED) is 0.241. The largest absolute Gasteiger partial charge is 0.465 e. The molecule has 0 atom stereocenters. The van der Waals surface area contributed by atoms with Gasteiger partial charge in [0, 0.05) is 4.88 Å². The number of carbonyl (C=O) groups excluding carboxylic acids is 4. The van der Waals surface area contributed by atoms with Crippen LogP contribution in [0.15, 0.2) is 23.2 Å². The van der Waals surface area contributed by atoms with Crippen LogP contribution in [0.5, 0.6) is 0 Å². The maximum atomic E-state index is 12.7. The van der Waals surface area contributed by atoms with E-state index < -0.39 is 17.8 Å². The highest BCUT2D eigenvalue weighted by molar-refractivity contribution is 8.00. The number of nitrogens with zero attached hydrogens (tertiary/aromatic N) is 2. The van der Waals surface area contributed by atoms with Crippen LogP contribution in [0.3, 0.4) is 0 Å². The van der Waals surface area contributed by atoms with Gasteiger partial charge in [-0.15, -0.1) is 29.5 Å². The highest BCUT2D eigenvalue weighted by atomic mass is 32.2. The van der Waals surface area contributed by atoms with Crippen molar-refractivity contribution in [3.63, 3.8) is 0 Å². The first-order chi connectivity index (χ1) is 18.9. The molecule has 0 saturated carbocycles. The van der Waals surface area contributed by atoms with Gasteiger partial charge in [-0.1, -0.05) is 23.7 Å². The maximum absolute atomic E-state index is 12.7. The van der Waals surface area contributed by atoms with Gasteiger partial charge in [-0.2, -0.15) is 4.99 Å². The third kappa shape index (κ3) is 6.61. The van der Waals surface area contributed by atoms with Gasteiger partial charge in [0.25, 0.3) is 5.91 Å². The summed E-state index contributed by atoms with van der Waals surface area (Å²) in [7, 11) is 2.64. The average molecular weight is 586 g/mol. The molecule has 2 aromatic heterocycles. The van der Waals surface area contributed by atoms with Crippen LogP contribution in [0, 0.1) is 12.3 Å². The zero-order valence-corrected chi connectivity index (χ0v) is 24.0. The summed E-state index contributed by atoms with van der Waals surface area (Å²) in [5, 5.41) is 3.35. The van der Waals surface area contributed by atoms with Crippen LogP contribution in [-0.4, -0.2) is 54.0 Å². The number of esters is 2. The average Bonchev–Trinajstić information content (AvgIpc) is 3.34. The highest BCUT2D eigenvalue weighted by Gasteiger charge is 2.26. The second kappa shape index (κ2) is 13.1. The van der Waals surface area contributed by atoms with Crippen LogP contribution in [0.25, 0.3) is 10.2 Å². The van der Waals surface area contributed by atoms with Gasteiger partial charge in [0.1, 0.15) is 5.00 Å². The number of thioether (sulfide) groups is 1. The molecule has 2 heterocycles. The molecule has 0 saturated heterocycles. The molecule has 0 bridgehead atoms. The van der Waals surface area contributed by atoms with Crippen LogP contribution in [0.1, 0.15) is 50.4 Å². The minimum atomic E-state index is -0.463. The van der Waals surface area contributed by atoms with E-state index in [2.05, 4.69) is 16.2 Å².